The molecule has 0 spiro atoms. The van der Waals surface area contributed by atoms with Gasteiger partial charge in [0.15, 0.2) is 6.61 Å². The monoisotopic (exact) mass is 360 g/mol. The van der Waals surface area contributed by atoms with Crippen molar-refractivity contribution < 1.29 is 23.6 Å². The average molecular weight is 360 g/mol. The number of rotatable bonds is 7. The van der Waals surface area contributed by atoms with Crippen molar-refractivity contribution in [2.75, 3.05) is 6.61 Å². The van der Waals surface area contributed by atoms with E-state index in [4.69, 9.17) is 13.9 Å². The first-order valence-corrected chi connectivity index (χ1v) is 8.01. The second-order valence-electron chi connectivity index (χ2n) is 4.82. The lowest BCUT2D eigenvalue weighted by Gasteiger charge is -2.05. The predicted molar refractivity (Wildman–Crippen MR) is 88.2 cm³/mol. The summed E-state index contributed by atoms with van der Waals surface area (Å²) in [5, 5.41) is 12.5. The molecule has 0 fully saturated rings. The molecule has 0 bridgehead atoms. The van der Waals surface area contributed by atoms with Crippen LogP contribution in [0.15, 0.2) is 52.5 Å². The van der Waals surface area contributed by atoms with Gasteiger partial charge in [-0.3, -0.25) is 10.1 Å². The fourth-order valence-corrected chi connectivity index (χ4v) is 2.54. The highest BCUT2D eigenvalue weighted by Crippen LogP contribution is 2.23. The highest BCUT2D eigenvalue weighted by Gasteiger charge is 2.11. The van der Waals surface area contributed by atoms with Gasteiger partial charge in [0.2, 0.25) is 5.89 Å². The minimum absolute atomic E-state index is 0.0304. The number of carbonyl (C=O) groups is 1. The summed E-state index contributed by atoms with van der Waals surface area (Å²) in [6.45, 7) is -0.342. The Morgan fingerprint density at radius 1 is 1.28 bits per heavy atom. The normalized spacial score (nSPS) is 10.4. The van der Waals surface area contributed by atoms with E-state index in [1.54, 1.807) is 0 Å². The third-order valence-corrected chi connectivity index (χ3v) is 3.93. The second-order valence-corrected chi connectivity index (χ2v) is 5.77. The van der Waals surface area contributed by atoms with Gasteiger partial charge in [-0.1, -0.05) is 6.07 Å². The standard InChI is InChI=1S/C16H12N2O6S/c19-15(10-22-13-5-3-12(4-6-13)18(20)21)23-8-11-9-24-16(17-11)14-2-1-7-25-14/h1-7,9H,8,10H2. The number of nitro groups is 1. The van der Waals surface area contributed by atoms with Crippen molar-refractivity contribution in [3.8, 4) is 16.5 Å². The highest BCUT2D eigenvalue weighted by atomic mass is 32.1. The molecule has 3 rings (SSSR count). The van der Waals surface area contributed by atoms with Crippen LogP contribution >= 0.6 is 11.3 Å². The number of nitro benzene ring substituents is 1. The Kier molecular flexibility index (Phi) is 5.05. The van der Waals surface area contributed by atoms with E-state index in [0.29, 0.717) is 17.3 Å². The van der Waals surface area contributed by atoms with Crippen molar-refractivity contribution in [1.29, 1.82) is 0 Å². The van der Waals surface area contributed by atoms with Crippen LogP contribution in [-0.2, 0) is 16.1 Å². The quantitative estimate of drug-likeness (QED) is 0.361. The van der Waals surface area contributed by atoms with Crippen molar-refractivity contribution in [2.45, 2.75) is 6.61 Å². The molecule has 0 aliphatic rings. The third kappa shape index (κ3) is 4.42. The van der Waals surface area contributed by atoms with E-state index in [0.717, 1.165) is 4.88 Å². The number of carbonyl (C=O) groups excluding carboxylic acids is 1. The van der Waals surface area contributed by atoms with Crippen LogP contribution in [0.2, 0.25) is 0 Å². The van der Waals surface area contributed by atoms with Gasteiger partial charge >= 0.3 is 5.97 Å². The van der Waals surface area contributed by atoms with Crippen LogP contribution in [0.5, 0.6) is 5.75 Å². The summed E-state index contributed by atoms with van der Waals surface area (Å²) in [7, 11) is 0. The first kappa shape index (κ1) is 16.7. The zero-order chi connectivity index (χ0) is 17.6. The molecule has 0 atom stereocenters. The topological polar surface area (TPSA) is 105 Å². The molecule has 2 aromatic heterocycles. The number of esters is 1. The van der Waals surface area contributed by atoms with Gasteiger partial charge in [0, 0.05) is 12.1 Å². The van der Waals surface area contributed by atoms with Crippen LogP contribution in [0.4, 0.5) is 5.69 Å². The number of thiophene rings is 1. The number of nitrogens with zero attached hydrogens (tertiary/aromatic N) is 2. The molecule has 1 aromatic carbocycles. The molecule has 0 amide bonds. The highest BCUT2D eigenvalue weighted by molar-refractivity contribution is 7.13. The van der Waals surface area contributed by atoms with Crippen LogP contribution in [0.1, 0.15) is 5.69 Å². The number of non-ortho nitro benzene ring substituents is 1. The smallest absolute Gasteiger partial charge is 0.344 e. The van der Waals surface area contributed by atoms with Gasteiger partial charge < -0.3 is 13.9 Å². The molecule has 2 heterocycles. The summed E-state index contributed by atoms with van der Waals surface area (Å²) in [5.41, 5.74) is 0.439. The molecule has 0 radical (unpaired) electrons. The maximum atomic E-state index is 11.7. The molecule has 3 aromatic rings. The average Bonchev–Trinajstić information content (AvgIpc) is 3.29. The van der Waals surface area contributed by atoms with Gasteiger partial charge in [-0.25, -0.2) is 9.78 Å². The summed E-state index contributed by atoms with van der Waals surface area (Å²) in [5.74, 6) is 0.228. The Balaban J connectivity index is 1.46. The van der Waals surface area contributed by atoms with Gasteiger partial charge in [0.25, 0.3) is 5.69 Å². The number of ether oxygens (including phenoxy) is 2. The molecular formula is C16H12N2O6S. The molecule has 0 aliphatic heterocycles. The van der Waals surface area contributed by atoms with E-state index in [2.05, 4.69) is 4.98 Å². The lowest BCUT2D eigenvalue weighted by molar-refractivity contribution is -0.384. The lowest BCUT2D eigenvalue weighted by Crippen LogP contribution is -2.14. The Morgan fingerprint density at radius 2 is 2.08 bits per heavy atom. The van der Waals surface area contributed by atoms with Gasteiger partial charge in [0.05, 0.1) is 9.80 Å². The molecule has 25 heavy (non-hydrogen) atoms. The van der Waals surface area contributed by atoms with Crippen LogP contribution in [-0.4, -0.2) is 22.5 Å². The van der Waals surface area contributed by atoms with E-state index in [9.17, 15) is 14.9 Å². The SMILES string of the molecule is O=C(COc1ccc([N+](=O)[O-])cc1)OCc1coc(-c2cccs2)n1. The van der Waals surface area contributed by atoms with Crippen LogP contribution in [0.3, 0.4) is 0 Å². The molecule has 0 aliphatic carbocycles. The van der Waals surface area contributed by atoms with E-state index in [1.165, 1.54) is 41.9 Å². The number of hydrogen-bond acceptors (Lipinski definition) is 8. The number of benzene rings is 1. The Labute approximate surface area is 145 Å². The Bertz CT molecular complexity index is 857. The number of hydrogen-bond donors (Lipinski definition) is 0. The van der Waals surface area contributed by atoms with Crippen molar-refractivity contribution in [3.05, 3.63) is 63.8 Å². The fourth-order valence-electron chi connectivity index (χ4n) is 1.89. The van der Waals surface area contributed by atoms with E-state index in [-0.39, 0.29) is 18.9 Å². The van der Waals surface area contributed by atoms with Crippen LogP contribution < -0.4 is 4.74 Å². The van der Waals surface area contributed by atoms with E-state index >= 15 is 0 Å². The fraction of sp³-hybridized carbons (Fsp3) is 0.125. The number of oxazole rings is 1. The zero-order valence-corrected chi connectivity index (χ0v) is 13.6. The molecular weight excluding hydrogens is 348 g/mol. The molecule has 8 nitrogen and oxygen atoms in total. The summed E-state index contributed by atoms with van der Waals surface area (Å²) < 4.78 is 15.6. The number of aromatic nitrogens is 1. The van der Waals surface area contributed by atoms with Gasteiger partial charge in [-0.05, 0) is 23.6 Å². The third-order valence-electron chi connectivity index (χ3n) is 3.07. The Hall–Kier alpha value is -3.20. The molecule has 0 N–H and O–H groups in total. The lowest BCUT2D eigenvalue weighted by atomic mass is 10.3. The van der Waals surface area contributed by atoms with E-state index in [1.807, 2.05) is 17.5 Å². The van der Waals surface area contributed by atoms with Crippen molar-refractivity contribution in [2.24, 2.45) is 0 Å². The predicted octanol–water partition coefficient (Wildman–Crippen LogP) is 3.43. The maximum Gasteiger partial charge on any atom is 0.344 e. The van der Waals surface area contributed by atoms with Gasteiger partial charge in [0.1, 0.15) is 24.3 Å². The maximum absolute atomic E-state index is 11.7. The first-order chi connectivity index (χ1) is 12.1. The molecule has 0 unspecified atom stereocenters. The van der Waals surface area contributed by atoms with Crippen molar-refractivity contribution >= 4 is 23.0 Å². The minimum Gasteiger partial charge on any atom is -0.482 e. The van der Waals surface area contributed by atoms with Gasteiger partial charge in [-0.15, -0.1) is 11.3 Å². The molecule has 0 saturated heterocycles. The summed E-state index contributed by atoms with van der Waals surface area (Å²) in [4.78, 5) is 26.8. The molecule has 128 valence electrons. The van der Waals surface area contributed by atoms with Crippen molar-refractivity contribution in [1.82, 2.24) is 4.98 Å². The van der Waals surface area contributed by atoms with Crippen molar-refractivity contribution in [3.63, 3.8) is 0 Å². The van der Waals surface area contributed by atoms with Crippen LogP contribution in [0.25, 0.3) is 10.8 Å². The first-order valence-electron chi connectivity index (χ1n) is 7.13. The zero-order valence-electron chi connectivity index (χ0n) is 12.8. The van der Waals surface area contributed by atoms with Gasteiger partial charge in [-0.2, -0.15) is 0 Å². The van der Waals surface area contributed by atoms with E-state index < -0.39 is 10.9 Å². The summed E-state index contributed by atoms with van der Waals surface area (Å²) in [6.07, 6.45) is 1.43. The Morgan fingerprint density at radius 3 is 2.76 bits per heavy atom. The van der Waals surface area contributed by atoms with Crippen LogP contribution in [0, 0.1) is 10.1 Å². The summed E-state index contributed by atoms with van der Waals surface area (Å²) in [6, 6.07) is 9.18. The second kappa shape index (κ2) is 7.58. The molecule has 9 heteroatoms. The summed E-state index contributed by atoms with van der Waals surface area (Å²) >= 11 is 1.50. The minimum atomic E-state index is -0.584. The largest absolute Gasteiger partial charge is 0.482 e. The molecule has 0 saturated carbocycles.